The van der Waals surface area contributed by atoms with Gasteiger partial charge in [0.2, 0.25) is 0 Å². The molecule has 1 unspecified atom stereocenters. The Labute approximate surface area is 80.5 Å². The second-order valence-electron chi connectivity index (χ2n) is 2.87. The zero-order valence-electron chi connectivity index (χ0n) is 7.45. The molecular formula is C9H12F2N2O. The SMILES string of the molecule is Nc1ccccc1NCC(O)C(F)F. The van der Waals surface area contributed by atoms with Crippen LogP contribution in [0.15, 0.2) is 24.3 Å². The van der Waals surface area contributed by atoms with Crippen LogP contribution in [0.3, 0.4) is 0 Å². The first-order valence-corrected chi connectivity index (χ1v) is 4.16. The molecule has 0 heterocycles. The number of hydrogen-bond acceptors (Lipinski definition) is 3. The molecule has 4 N–H and O–H groups in total. The molecule has 1 aromatic rings. The third-order valence-corrected chi connectivity index (χ3v) is 1.75. The molecule has 0 saturated carbocycles. The highest BCUT2D eigenvalue weighted by atomic mass is 19.3. The number of nitrogens with two attached hydrogens (primary N) is 1. The second-order valence-corrected chi connectivity index (χ2v) is 2.87. The Morgan fingerprint density at radius 2 is 2.00 bits per heavy atom. The molecule has 0 bridgehead atoms. The molecule has 0 spiro atoms. The van der Waals surface area contributed by atoms with Crippen molar-refractivity contribution in [2.45, 2.75) is 12.5 Å². The van der Waals surface area contributed by atoms with Gasteiger partial charge >= 0.3 is 0 Å². The van der Waals surface area contributed by atoms with Crippen LogP contribution in [0.2, 0.25) is 0 Å². The predicted octanol–water partition coefficient (Wildman–Crippen LogP) is 1.31. The van der Waals surface area contributed by atoms with E-state index in [1.807, 2.05) is 0 Å². The summed E-state index contributed by atoms with van der Waals surface area (Å²) in [5, 5.41) is 11.5. The summed E-state index contributed by atoms with van der Waals surface area (Å²) in [7, 11) is 0. The van der Waals surface area contributed by atoms with Crippen LogP contribution in [0.1, 0.15) is 0 Å². The average molecular weight is 202 g/mol. The third kappa shape index (κ3) is 2.85. The van der Waals surface area contributed by atoms with E-state index < -0.39 is 12.5 Å². The van der Waals surface area contributed by atoms with E-state index in [4.69, 9.17) is 10.8 Å². The van der Waals surface area contributed by atoms with Gasteiger partial charge in [-0.05, 0) is 12.1 Å². The van der Waals surface area contributed by atoms with Crippen LogP contribution in [0, 0.1) is 0 Å². The smallest absolute Gasteiger partial charge is 0.265 e. The number of nitrogen functional groups attached to an aromatic ring is 1. The van der Waals surface area contributed by atoms with Gasteiger partial charge in [0, 0.05) is 6.54 Å². The molecule has 78 valence electrons. The van der Waals surface area contributed by atoms with Gasteiger partial charge in [-0.3, -0.25) is 0 Å². The van der Waals surface area contributed by atoms with Gasteiger partial charge in [0.25, 0.3) is 6.43 Å². The number of alkyl halides is 2. The highest BCUT2D eigenvalue weighted by Gasteiger charge is 2.16. The maximum atomic E-state index is 11.9. The number of hydrogen-bond donors (Lipinski definition) is 3. The number of anilines is 2. The summed E-state index contributed by atoms with van der Waals surface area (Å²) >= 11 is 0. The van der Waals surface area contributed by atoms with Crippen molar-refractivity contribution in [2.75, 3.05) is 17.6 Å². The maximum absolute atomic E-state index is 11.9. The zero-order chi connectivity index (χ0) is 10.6. The molecule has 5 heteroatoms. The van der Waals surface area contributed by atoms with Crippen molar-refractivity contribution in [1.29, 1.82) is 0 Å². The Morgan fingerprint density at radius 1 is 1.36 bits per heavy atom. The molecule has 0 radical (unpaired) electrons. The van der Waals surface area contributed by atoms with E-state index >= 15 is 0 Å². The zero-order valence-corrected chi connectivity index (χ0v) is 7.45. The van der Waals surface area contributed by atoms with Crippen molar-refractivity contribution in [3.8, 4) is 0 Å². The molecule has 0 aliphatic heterocycles. The summed E-state index contributed by atoms with van der Waals surface area (Å²) in [5.74, 6) is 0. The van der Waals surface area contributed by atoms with Crippen LogP contribution in [-0.4, -0.2) is 24.2 Å². The lowest BCUT2D eigenvalue weighted by molar-refractivity contribution is 0.00385. The highest BCUT2D eigenvalue weighted by molar-refractivity contribution is 5.65. The van der Waals surface area contributed by atoms with Gasteiger partial charge in [0.1, 0.15) is 6.10 Å². The molecule has 1 aromatic carbocycles. The molecule has 0 fully saturated rings. The lowest BCUT2D eigenvalue weighted by Crippen LogP contribution is -2.26. The van der Waals surface area contributed by atoms with E-state index in [0.29, 0.717) is 11.4 Å². The van der Waals surface area contributed by atoms with Crippen molar-refractivity contribution in [3.63, 3.8) is 0 Å². The highest BCUT2D eigenvalue weighted by Crippen LogP contribution is 2.16. The van der Waals surface area contributed by atoms with Gasteiger partial charge in [0.05, 0.1) is 11.4 Å². The van der Waals surface area contributed by atoms with Crippen LogP contribution in [0.25, 0.3) is 0 Å². The number of aliphatic hydroxyl groups excluding tert-OH is 1. The quantitative estimate of drug-likeness (QED) is 0.645. The first kappa shape index (κ1) is 10.7. The first-order valence-electron chi connectivity index (χ1n) is 4.16. The van der Waals surface area contributed by atoms with Gasteiger partial charge in [-0.2, -0.15) is 0 Å². The lowest BCUT2D eigenvalue weighted by atomic mass is 10.2. The third-order valence-electron chi connectivity index (χ3n) is 1.75. The fraction of sp³-hybridized carbons (Fsp3) is 0.333. The maximum Gasteiger partial charge on any atom is 0.265 e. The lowest BCUT2D eigenvalue weighted by Gasteiger charge is -2.12. The molecule has 14 heavy (non-hydrogen) atoms. The molecule has 1 rings (SSSR count). The average Bonchev–Trinajstić information content (AvgIpc) is 2.16. The van der Waals surface area contributed by atoms with Crippen molar-refractivity contribution in [3.05, 3.63) is 24.3 Å². The molecule has 0 saturated heterocycles. The topological polar surface area (TPSA) is 58.3 Å². The van der Waals surface area contributed by atoms with Gasteiger partial charge in [-0.25, -0.2) is 8.78 Å². The molecule has 0 aromatic heterocycles. The number of halogens is 2. The standard InChI is InChI=1S/C9H12F2N2O/c10-9(11)8(14)5-13-7-4-2-1-3-6(7)12/h1-4,8-9,13-14H,5,12H2. The largest absolute Gasteiger partial charge is 0.397 e. The predicted molar refractivity (Wildman–Crippen MR) is 51.4 cm³/mol. The van der Waals surface area contributed by atoms with Crippen LogP contribution < -0.4 is 11.1 Å². The summed E-state index contributed by atoms with van der Waals surface area (Å²) in [6, 6.07) is 6.78. The van der Waals surface area contributed by atoms with Crippen LogP contribution in [-0.2, 0) is 0 Å². The van der Waals surface area contributed by atoms with E-state index in [9.17, 15) is 8.78 Å². The van der Waals surface area contributed by atoms with Gasteiger partial charge in [0.15, 0.2) is 0 Å². The summed E-state index contributed by atoms with van der Waals surface area (Å²) in [4.78, 5) is 0. The van der Waals surface area contributed by atoms with Gasteiger partial charge < -0.3 is 16.2 Å². The Morgan fingerprint density at radius 3 is 2.57 bits per heavy atom. The molecule has 3 nitrogen and oxygen atoms in total. The van der Waals surface area contributed by atoms with Crippen molar-refractivity contribution >= 4 is 11.4 Å². The van der Waals surface area contributed by atoms with Gasteiger partial charge in [-0.15, -0.1) is 0 Å². The van der Waals surface area contributed by atoms with E-state index in [0.717, 1.165) is 0 Å². The minimum Gasteiger partial charge on any atom is -0.397 e. The minimum atomic E-state index is -2.74. The number of benzene rings is 1. The summed E-state index contributed by atoms with van der Waals surface area (Å²) in [6.07, 6.45) is -4.41. The molecule has 1 atom stereocenters. The number of aliphatic hydroxyl groups is 1. The fourth-order valence-corrected chi connectivity index (χ4v) is 0.962. The van der Waals surface area contributed by atoms with Crippen molar-refractivity contribution < 1.29 is 13.9 Å². The number of nitrogens with one attached hydrogen (secondary N) is 1. The van der Waals surface area contributed by atoms with Crippen LogP contribution in [0.4, 0.5) is 20.2 Å². The normalized spacial score (nSPS) is 12.9. The molecule has 0 amide bonds. The summed E-state index contributed by atoms with van der Waals surface area (Å²) in [5.41, 5.74) is 6.57. The Kier molecular flexibility index (Phi) is 3.64. The summed E-state index contributed by atoms with van der Waals surface area (Å²) < 4.78 is 23.8. The Bertz CT molecular complexity index is 294. The molecule has 0 aliphatic carbocycles. The Hall–Kier alpha value is -1.36. The van der Waals surface area contributed by atoms with E-state index in [1.165, 1.54) is 0 Å². The fourth-order valence-electron chi connectivity index (χ4n) is 0.962. The van der Waals surface area contributed by atoms with Crippen LogP contribution >= 0.6 is 0 Å². The van der Waals surface area contributed by atoms with E-state index in [2.05, 4.69) is 5.32 Å². The number of rotatable bonds is 4. The van der Waals surface area contributed by atoms with E-state index in [-0.39, 0.29) is 6.54 Å². The van der Waals surface area contributed by atoms with Crippen molar-refractivity contribution in [1.82, 2.24) is 0 Å². The molecule has 0 aliphatic rings. The number of para-hydroxylation sites is 2. The molecular weight excluding hydrogens is 190 g/mol. The van der Waals surface area contributed by atoms with E-state index in [1.54, 1.807) is 24.3 Å². The first-order chi connectivity index (χ1) is 6.61. The van der Waals surface area contributed by atoms with Gasteiger partial charge in [-0.1, -0.05) is 12.1 Å². The second kappa shape index (κ2) is 4.76. The summed E-state index contributed by atoms with van der Waals surface area (Å²) in [6.45, 7) is -0.216. The van der Waals surface area contributed by atoms with Crippen molar-refractivity contribution in [2.24, 2.45) is 0 Å². The monoisotopic (exact) mass is 202 g/mol. The minimum absolute atomic E-state index is 0.216. The van der Waals surface area contributed by atoms with Crippen LogP contribution in [0.5, 0.6) is 0 Å². The Balaban J connectivity index is 2.50.